The Hall–Kier alpha value is -2.34. The number of nitrogens with zero attached hydrogens (tertiary/aromatic N) is 3. The lowest BCUT2D eigenvalue weighted by molar-refractivity contribution is -0.119. The maximum Gasteiger partial charge on any atom is 0.233 e. The molecule has 1 aliphatic rings. The van der Waals surface area contributed by atoms with Crippen LogP contribution in [0.15, 0.2) is 36.5 Å². The molecule has 134 valence electrons. The Morgan fingerprint density at radius 1 is 1.36 bits per heavy atom. The molecule has 0 saturated carbocycles. The first-order valence-corrected chi connectivity index (χ1v) is 8.61. The minimum Gasteiger partial charge on any atom is -0.488 e. The summed E-state index contributed by atoms with van der Waals surface area (Å²) < 4.78 is 7.85. The van der Waals surface area contributed by atoms with Gasteiger partial charge in [-0.3, -0.25) is 9.48 Å². The minimum absolute atomic E-state index is 0.0401. The second-order valence-corrected chi connectivity index (χ2v) is 7.41. The van der Waals surface area contributed by atoms with Gasteiger partial charge in [-0.05, 0) is 34.0 Å². The van der Waals surface area contributed by atoms with Crippen LogP contribution < -0.4 is 10.1 Å². The second kappa shape index (κ2) is 6.88. The molecule has 1 amide bonds. The third-order valence-corrected chi connectivity index (χ3v) is 4.36. The summed E-state index contributed by atoms with van der Waals surface area (Å²) in [4.78, 5) is 15.0. The lowest BCUT2D eigenvalue weighted by Crippen LogP contribution is -2.38. The topological polar surface area (TPSA) is 59.4 Å². The number of anilines is 1. The number of carbonyl (C=O) groups excluding carboxylic acids is 1. The van der Waals surface area contributed by atoms with Gasteiger partial charge < -0.3 is 15.0 Å². The highest BCUT2D eigenvalue weighted by Crippen LogP contribution is 2.41. The number of rotatable bonds is 5. The van der Waals surface area contributed by atoms with Gasteiger partial charge in [-0.1, -0.05) is 18.2 Å². The van der Waals surface area contributed by atoms with Gasteiger partial charge in [0.15, 0.2) is 5.82 Å². The summed E-state index contributed by atoms with van der Waals surface area (Å²) in [6, 6.07) is 9.60. The molecule has 1 N–H and O–H groups in total. The number of carbonyl (C=O) groups is 1. The first-order chi connectivity index (χ1) is 11.8. The van der Waals surface area contributed by atoms with E-state index in [1.165, 1.54) is 0 Å². The molecule has 0 radical (unpaired) electrons. The number of likely N-dealkylation sites (N-methyl/N-ethyl adjacent to an activating group) is 1. The van der Waals surface area contributed by atoms with E-state index in [1.807, 2.05) is 69.2 Å². The Balaban J connectivity index is 1.73. The normalized spacial score (nSPS) is 18.5. The molecule has 0 aliphatic carbocycles. The fourth-order valence-electron chi connectivity index (χ4n) is 3.10. The zero-order chi connectivity index (χ0) is 18.0. The Labute approximate surface area is 148 Å². The van der Waals surface area contributed by atoms with Crippen molar-refractivity contribution in [2.75, 3.05) is 26.0 Å². The van der Waals surface area contributed by atoms with E-state index in [1.54, 1.807) is 0 Å². The third-order valence-electron chi connectivity index (χ3n) is 4.36. The van der Waals surface area contributed by atoms with Crippen molar-refractivity contribution in [1.29, 1.82) is 0 Å². The van der Waals surface area contributed by atoms with Gasteiger partial charge >= 0.3 is 0 Å². The van der Waals surface area contributed by atoms with E-state index in [-0.39, 0.29) is 17.4 Å². The van der Waals surface area contributed by atoms with E-state index in [4.69, 9.17) is 4.74 Å². The van der Waals surface area contributed by atoms with E-state index < -0.39 is 0 Å². The van der Waals surface area contributed by atoms with Crippen molar-refractivity contribution in [3.8, 4) is 5.75 Å². The number of nitrogens with one attached hydrogen (secondary N) is 1. The van der Waals surface area contributed by atoms with Gasteiger partial charge in [-0.25, -0.2) is 0 Å². The highest BCUT2D eigenvalue weighted by molar-refractivity contribution is 5.95. The van der Waals surface area contributed by atoms with Gasteiger partial charge in [0, 0.05) is 30.8 Å². The van der Waals surface area contributed by atoms with Crippen molar-refractivity contribution >= 4 is 11.7 Å². The van der Waals surface area contributed by atoms with Crippen molar-refractivity contribution in [3.05, 3.63) is 42.1 Å². The maximum atomic E-state index is 12.9. The van der Waals surface area contributed by atoms with Crippen LogP contribution in [0.4, 0.5) is 5.82 Å². The molecule has 0 bridgehead atoms. The van der Waals surface area contributed by atoms with Crippen molar-refractivity contribution in [2.45, 2.75) is 38.3 Å². The van der Waals surface area contributed by atoms with E-state index in [0.717, 1.165) is 24.4 Å². The van der Waals surface area contributed by atoms with Crippen molar-refractivity contribution in [3.63, 3.8) is 0 Å². The van der Waals surface area contributed by atoms with E-state index in [0.29, 0.717) is 12.2 Å². The molecule has 1 aromatic carbocycles. The van der Waals surface area contributed by atoms with Crippen molar-refractivity contribution in [2.24, 2.45) is 0 Å². The molecule has 2 aromatic rings. The molecule has 3 rings (SSSR count). The molecular weight excluding hydrogens is 316 g/mol. The Morgan fingerprint density at radius 2 is 2.12 bits per heavy atom. The van der Waals surface area contributed by atoms with Gasteiger partial charge in [0.1, 0.15) is 11.4 Å². The van der Waals surface area contributed by atoms with Crippen LogP contribution in [0.1, 0.15) is 31.7 Å². The van der Waals surface area contributed by atoms with E-state index >= 15 is 0 Å². The number of benzene rings is 1. The Bertz CT molecular complexity index is 751. The van der Waals surface area contributed by atoms with Crippen LogP contribution in [0.5, 0.6) is 5.75 Å². The van der Waals surface area contributed by atoms with E-state index in [9.17, 15) is 4.79 Å². The van der Waals surface area contributed by atoms with Crippen LogP contribution >= 0.6 is 0 Å². The van der Waals surface area contributed by atoms with Crippen LogP contribution in [0, 0.1) is 0 Å². The molecule has 0 fully saturated rings. The largest absolute Gasteiger partial charge is 0.488 e. The molecule has 25 heavy (non-hydrogen) atoms. The summed E-state index contributed by atoms with van der Waals surface area (Å²) in [5.41, 5.74) is 0.563. The molecule has 6 nitrogen and oxygen atoms in total. The summed E-state index contributed by atoms with van der Waals surface area (Å²) >= 11 is 0. The predicted molar refractivity (Wildman–Crippen MR) is 97.9 cm³/mol. The van der Waals surface area contributed by atoms with Crippen LogP contribution in [-0.2, 0) is 11.3 Å². The monoisotopic (exact) mass is 342 g/mol. The van der Waals surface area contributed by atoms with Gasteiger partial charge in [-0.15, -0.1) is 0 Å². The third kappa shape index (κ3) is 4.20. The quantitative estimate of drug-likeness (QED) is 0.908. The average Bonchev–Trinajstić information content (AvgIpc) is 2.98. The molecule has 1 unspecified atom stereocenters. The van der Waals surface area contributed by atoms with Crippen LogP contribution in [-0.4, -0.2) is 46.8 Å². The molecule has 2 heterocycles. The Morgan fingerprint density at radius 3 is 2.88 bits per heavy atom. The fraction of sp³-hybridized carbons (Fsp3) is 0.474. The smallest absolute Gasteiger partial charge is 0.233 e. The number of hydrogen-bond donors (Lipinski definition) is 1. The number of fused-ring (bicyclic) bond motifs is 1. The van der Waals surface area contributed by atoms with Gasteiger partial charge in [0.2, 0.25) is 5.91 Å². The Kier molecular flexibility index (Phi) is 4.81. The summed E-state index contributed by atoms with van der Waals surface area (Å²) in [6.07, 6.45) is 2.53. The van der Waals surface area contributed by atoms with E-state index in [2.05, 4.69) is 15.3 Å². The summed E-state index contributed by atoms with van der Waals surface area (Å²) in [5.74, 6) is 1.09. The van der Waals surface area contributed by atoms with Gasteiger partial charge in [0.25, 0.3) is 0 Å². The summed E-state index contributed by atoms with van der Waals surface area (Å²) in [6.45, 7) is 5.71. The molecule has 0 spiro atoms. The lowest BCUT2D eigenvalue weighted by atomic mass is 9.84. The second-order valence-electron chi connectivity index (χ2n) is 7.41. The van der Waals surface area contributed by atoms with Crippen molar-refractivity contribution < 1.29 is 9.53 Å². The maximum absolute atomic E-state index is 12.9. The lowest BCUT2D eigenvalue weighted by Gasteiger charge is -2.36. The molecule has 1 aromatic heterocycles. The SMILES string of the molecule is CN(C)CCn1ccc(NC(=O)C2CC(C)(C)Oc3ccccc32)n1. The predicted octanol–water partition coefficient (Wildman–Crippen LogP) is 2.73. The van der Waals surface area contributed by atoms with Gasteiger partial charge in [-0.2, -0.15) is 5.10 Å². The van der Waals surface area contributed by atoms with Crippen LogP contribution in [0.2, 0.25) is 0 Å². The number of ether oxygens (including phenoxy) is 1. The number of amides is 1. The first-order valence-electron chi connectivity index (χ1n) is 8.61. The molecule has 0 saturated heterocycles. The highest BCUT2D eigenvalue weighted by Gasteiger charge is 2.37. The summed E-state index contributed by atoms with van der Waals surface area (Å²) in [5, 5.41) is 7.39. The zero-order valence-corrected chi connectivity index (χ0v) is 15.3. The molecule has 6 heteroatoms. The molecular formula is C19H26N4O2. The standard InChI is InChI=1S/C19H26N4O2/c1-19(2)13-15(14-7-5-6-8-16(14)25-19)18(24)20-17-9-10-23(21-17)12-11-22(3)4/h5-10,15H,11-13H2,1-4H3,(H,20,21,24). The van der Waals surface area contributed by atoms with Crippen LogP contribution in [0.3, 0.4) is 0 Å². The summed E-state index contributed by atoms with van der Waals surface area (Å²) in [7, 11) is 4.05. The number of para-hydroxylation sites is 1. The zero-order valence-electron chi connectivity index (χ0n) is 15.3. The highest BCUT2D eigenvalue weighted by atomic mass is 16.5. The molecule has 1 aliphatic heterocycles. The van der Waals surface area contributed by atoms with Gasteiger partial charge in [0.05, 0.1) is 12.5 Å². The minimum atomic E-state index is -0.374. The first kappa shape index (κ1) is 17.5. The van der Waals surface area contributed by atoms with Crippen LogP contribution in [0.25, 0.3) is 0 Å². The average molecular weight is 342 g/mol. The number of aromatic nitrogens is 2. The fourth-order valence-corrected chi connectivity index (χ4v) is 3.10. The number of hydrogen-bond acceptors (Lipinski definition) is 4. The molecule has 1 atom stereocenters. The van der Waals surface area contributed by atoms with Crippen molar-refractivity contribution in [1.82, 2.24) is 14.7 Å².